The molecule has 0 saturated carbocycles. The molecule has 1 atom stereocenters. The summed E-state index contributed by atoms with van der Waals surface area (Å²) < 4.78 is 5.19. The van der Waals surface area contributed by atoms with Gasteiger partial charge in [0.05, 0.1) is 12.3 Å². The molecule has 1 unspecified atom stereocenters. The molecule has 2 N–H and O–H groups in total. The van der Waals surface area contributed by atoms with E-state index in [1.54, 1.807) is 0 Å². The number of quaternary nitrogens is 1. The standard InChI is InChI=1S/C9H13NO2S/c1-2-9(12-8(11)6-13)4-3-5-10-7-9/h1,10,13H,3-7H2/p+1. The van der Waals surface area contributed by atoms with Crippen LogP contribution in [0.3, 0.4) is 0 Å². The molecular weight excluding hydrogens is 186 g/mol. The van der Waals surface area contributed by atoms with E-state index in [-0.39, 0.29) is 11.7 Å². The number of esters is 1. The van der Waals surface area contributed by atoms with Gasteiger partial charge in [0.25, 0.3) is 0 Å². The second-order valence-electron chi connectivity index (χ2n) is 3.16. The maximum Gasteiger partial charge on any atom is 0.317 e. The minimum Gasteiger partial charge on any atom is -0.439 e. The zero-order valence-electron chi connectivity index (χ0n) is 7.45. The molecule has 0 aliphatic carbocycles. The molecule has 72 valence electrons. The van der Waals surface area contributed by atoms with Crippen molar-refractivity contribution in [3.8, 4) is 12.3 Å². The lowest BCUT2D eigenvalue weighted by molar-refractivity contribution is -0.673. The molecule has 13 heavy (non-hydrogen) atoms. The van der Waals surface area contributed by atoms with Crippen LogP contribution in [0.25, 0.3) is 0 Å². The third-order valence-electron chi connectivity index (χ3n) is 2.16. The van der Waals surface area contributed by atoms with E-state index in [2.05, 4.69) is 23.9 Å². The van der Waals surface area contributed by atoms with Crippen LogP contribution < -0.4 is 5.32 Å². The van der Waals surface area contributed by atoms with Gasteiger partial charge in [-0.05, 0) is 0 Å². The van der Waals surface area contributed by atoms with Crippen LogP contribution in [0.5, 0.6) is 0 Å². The number of carbonyl (C=O) groups excluding carboxylic acids is 1. The first-order valence-electron chi connectivity index (χ1n) is 4.34. The Morgan fingerprint density at radius 1 is 1.77 bits per heavy atom. The van der Waals surface area contributed by atoms with Crippen molar-refractivity contribution in [1.82, 2.24) is 0 Å². The van der Waals surface area contributed by atoms with Crippen molar-refractivity contribution >= 4 is 18.6 Å². The van der Waals surface area contributed by atoms with Gasteiger partial charge < -0.3 is 10.1 Å². The van der Waals surface area contributed by atoms with Gasteiger partial charge in [0.1, 0.15) is 6.54 Å². The monoisotopic (exact) mass is 200 g/mol. The van der Waals surface area contributed by atoms with Crippen molar-refractivity contribution in [2.75, 3.05) is 18.8 Å². The molecule has 4 heteroatoms. The Morgan fingerprint density at radius 3 is 3.00 bits per heavy atom. The third kappa shape index (κ3) is 2.64. The maximum atomic E-state index is 11.0. The van der Waals surface area contributed by atoms with E-state index in [1.165, 1.54) is 0 Å². The van der Waals surface area contributed by atoms with Crippen LogP contribution in [0.4, 0.5) is 0 Å². The predicted molar refractivity (Wildman–Crippen MR) is 52.4 cm³/mol. The van der Waals surface area contributed by atoms with Crippen molar-refractivity contribution in [2.24, 2.45) is 0 Å². The number of hydrogen-bond acceptors (Lipinski definition) is 3. The summed E-state index contributed by atoms with van der Waals surface area (Å²) in [6.07, 6.45) is 7.12. The Hall–Kier alpha value is -0.660. The second kappa shape index (κ2) is 4.54. The van der Waals surface area contributed by atoms with Gasteiger partial charge in [-0.2, -0.15) is 12.6 Å². The normalized spacial score (nSPS) is 27.7. The van der Waals surface area contributed by atoms with Crippen molar-refractivity contribution in [1.29, 1.82) is 0 Å². The molecule has 1 fully saturated rings. The second-order valence-corrected chi connectivity index (χ2v) is 3.47. The first-order valence-corrected chi connectivity index (χ1v) is 4.98. The zero-order valence-corrected chi connectivity index (χ0v) is 8.35. The summed E-state index contributed by atoms with van der Waals surface area (Å²) in [6, 6.07) is 0. The molecule has 3 nitrogen and oxygen atoms in total. The highest BCUT2D eigenvalue weighted by atomic mass is 32.1. The van der Waals surface area contributed by atoms with E-state index < -0.39 is 5.60 Å². The smallest absolute Gasteiger partial charge is 0.317 e. The fraction of sp³-hybridized carbons (Fsp3) is 0.667. The number of terminal acetylenes is 1. The number of carbonyl (C=O) groups is 1. The topological polar surface area (TPSA) is 42.9 Å². The predicted octanol–water partition coefficient (Wildman–Crippen LogP) is -0.811. The third-order valence-corrected chi connectivity index (χ3v) is 2.42. The number of hydrogen-bond donors (Lipinski definition) is 2. The van der Waals surface area contributed by atoms with Gasteiger partial charge in [-0.1, -0.05) is 5.92 Å². The number of ether oxygens (including phenoxy) is 1. The van der Waals surface area contributed by atoms with Crippen LogP contribution in [-0.4, -0.2) is 30.4 Å². The van der Waals surface area contributed by atoms with E-state index in [1.807, 2.05) is 0 Å². The Kier molecular flexibility index (Phi) is 3.64. The summed E-state index contributed by atoms with van der Waals surface area (Å²) in [6.45, 7) is 1.73. The van der Waals surface area contributed by atoms with Gasteiger partial charge in [-0.15, -0.1) is 6.42 Å². The average molecular weight is 200 g/mol. The highest BCUT2D eigenvalue weighted by Crippen LogP contribution is 2.17. The number of piperidine rings is 1. The Morgan fingerprint density at radius 2 is 2.54 bits per heavy atom. The van der Waals surface area contributed by atoms with Gasteiger partial charge >= 0.3 is 5.97 Å². The fourth-order valence-electron chi connectivity index (χ4n) is 1.47. The summed E-state index contributed by atoms with van der Waals surface area (Å²) in [4.78, 5) is 11.0. The molecule has 1 rings (SSSR count). The largest absolute Gasteiger partial charge is 0.439 e. The van der Waals surface area contributed by atoms with Crippen molar-refractivity contribution in [3.05, 3.63) is 0 Å². The molecule has 1 aliphatic rings. The highest BCUT2D eigenvalue weighted by Gasteiger charge is 2.36. The van der Waals surface area contributed by atoms with E-state index in [4.69, 9.17) is 11.2 Å². The van der Waals surface area contributed by atoms with Gasteiger partial charge in [0, 0.05) is 12.8 Å². The van der Waals surface area contributed by atoms with Gasteiger partial charge in [0.2, 0.25) is 5.60 Å². The minimum absolute atomic E-state index is 0.0867. The Labute approximate surface area is 83.6 Å². The average Bonchev–Trinajstić information content (AvgIpc) is 2.19. The van der Waals surface area contributed by atoms with Gasteiger partial charge in [0.15, 0.2) is 0 Å². The Bertz CT molecular complexity index is 228. The molecule has 0 aromatic heterocycles. The van der Waals surface area contributed by atoms with E-state index >= 15 is 0 Å². The summed E-state index contributed by atoms with van der Waals surface area (Å²) in [5.41, 5.74) is -0.682. The quantitative estimate of drug-likeness (QED) is 0.348. The molecule has 1 heterocycles. The highest BCUT2D eigenvalue weighted by molar-refractivity contribution is 7.81. The van der Waals surface area contributed by atoms with Gasteiger partial charge in [-0.3, -0.25) is 4.79 Å². The van der Waals surface area contributed by atoms with Gasteiger partial charge in [-0.25, -0.2) is 0 Å². The van der Waals surface area contributed by atoms with E-state index in [0.29, 0.717) is 6.54 Å². The SMILES string of the molecule is C#CC1(OC(=O)CS)CCC[NH2+]C1. The molecule has 0 aromatic carbocycles. The molecule has 0 aromatic rings. The molecule has 1 saturated heterocycles. The summed E-state index contributed by atoms with van der Waals surface area (Å²) >= 11 is 3.84. The summed E-state index contributed by atoms with van der Waals surface area (Å²) in [5.74, 6) is 2.32. The first kappa shape index (κ1) is 10.4. The number of rotatable bonds is 2. The molecule has 0 amide bonds. The summed E-state index contributed by atoms with van der Waals surface area (Å²) in [7, 11) is 0. The van der Waals surface area contributed by atoms with Crippen LogP contribution >= 0.6 is 12.6 Å². The molecule has 1 aliphatic heterocycles. The molecule has 0 radical (unpaired) electrons. The lowest BCUT2D eigenvalue weighted by atomic mass is 9.95. The van der Waals surface area contributed by atoms with E-state index in [0.717, 1.165) is 19.4 Å². The first-order chi connectivity index (χ1) is 6.22. The van der Waals surface area contributed by atoms with Crippen LogP contribution in [0.15, 0.2) is 0 Å². The van der Waals surface area contributed by atoms with Crippen molar-refractivity contribution in [2.45, 2.75) is 18.4 Å². The van der Waals surface area contributed by atoms with Crippen LogP contribution in [0.1, 0.15) is 12.8 Å². The van der Waals surface area contributed by atoms with Crippen LogP contribution in [0, 0.1) is 12.3 Å². The minimum atomic E-state index is -0.682. The number of thiol groups is 1. The maximum absolute atomic E-state index is 11.0. The molecular formula is C9H14NO2S+. The lowest BCUT2D eigenvalue weighted by Gasteiger charge is -2.29. The van der Waals surface area contributed by atoms with Crippen LogP contribution in [-0.2, 0) is 9.53 Å². The number of nitrogens with two attached hydrogens (primary N) is 1. The van der Waals surface area contributed by atoms with Crippen molar-refractivity contribution in [3.63, 3.8) is 0 Å². The Balaban J connectivity index is 2.59. The zero-order chi connectivity index (χ0) is 9.73. The van der Waals surface area contributed by atoms with Crippen LogP contribution in [0.2, 0.25) is 0 Å². The molecule has 0 spiro atoms. The summed E-state index contributed by atoms with van der Waals surface area (Å²) in [5, 5.41) is 2.08. The molecule has 0 bridgehead atoms. The van der Waals surface area contributed by atoms with E-state index in [9.17, 15) is 4.79 Å². The fourth-order valence-corrected chi connectivity index (χ4v) is 1.54. The van der Waals surface area contributed by atoms with Crippen molar-refractivity contribution < 1.29 is 14.8 Å². The lowest BCUT2D eigenvalue weighted by Crippen LogP contribution is -2.90.